The molecular weight excluding hydrogens is 733 g/mol. The maximum Gasteiger partial charge on any atom is 0.170 e. The molecule has 10 rings (SSSR count). The van der Waals surface area contributed by atoms with Crippen molar-refractivity contribution in [3.8, 4) is 67.5 Å². The Kier molecular flexibility index (Phi) is 9.92. The van der Waals surface area contributed by atoms with E-state index in [1.807, 2.05) is 91.0 Å². The highest BCUT2D eigenvalue weighted by Crippen LogP contribution is 2.40. The van der Waals surface area contributed by atoms with Crippen molar-refractivity contribution in [3.05, 3.63) is 235 Å². The lowest BCUT2D eigenvalue weighted by atomic mass is 9.89. The van der Waals surface area contributed by atoms with Crippen LogP contribution in [0.5, 0.6) is 0 Å². The highest BCUT2D eigenvalue weighted by Gasteiger charge is 2.25. The van der Waals surface area contributed by atoms with E-state index in [1.165, 1.54) is 0 Å². The average molecular weight is 771 g/mol. The summed E-state index contributed by atoms with van der Waals surface area (Å²) in [6.45, 7) is 0. The van der Waals surface area contributed by atoms with Gasteiger partial charge < -0.3 is 5.32 Å². The first-order chi connectivity index (χ1) is 29.7. The number of rotatable bonds is 9. The van der Waals surface area contributed by atoms with E-state index in [-0.39, 0.29) is 0 Å². The maximum atomic E-state index is 5.35. The fourth-order valence-electron chi connectivity index (χ4n) is 7.64. The summed E-state index contributed by atoms with van der Waals surface area (Å²) in [4.78, 5) is 25.7. The SMILES string of the molecule is c1ccc(C2=NC(c3ccccc3-c3ccc(-c4nc(-c5ccccc5)nc(-c5ccccc5)n4)cc3-c3ccccc3)N=C(c3cccc(-c4ccccc4)c3)N2)cc1. The molecule has 60 heavy (non-hydrogen) atoms. The van der Waals surface area contributed by atoms with Crippen LogP contribution in [0.1, 0.15) is 22.9 Å². The zero-order chi connectivity index (χ0) is 40.1. The van der Waals surface area contributed by atoms with Gasteiger partial charge in [-0.2, -0.15) is 0 Å². The minimum absolute atomic E-state index is 0.526. The van der Waals surface area contributed by atoms with E-state index in [2.05, 4.69) is 133 Å². The van der Waals surface area contributed by atoms with Crippen molar-refractivity contribution in [3.63, 3.8) is 0 Å². The highest BCUT2D eigenvalue weighted by molar-refractivity contribution is 6.16. The van der Waals surface area contributed by atoms with Crippen molar-refractivity contribution < 1.29 is 0 Å². The Labute approximate surface area is 349 Å². The molecule has 1 N–H and O–H groups in total. The molecule has 6 heteroatoms. The number of amidine groups is 2. The molecule has 1 unspecified atom stereocenters. The van der Waals surface area contributed by atoms with Gasteiger partial charge in [0.2, 0.25) is 0 Å². The summed E-state index contributed by atoms with van der Waals surface area (Å²) < 4.78 is 0. The molecule has 1 aliphatic rings. The van der Waals surface area contributed by atoms with Gasteiger partial charge in [0.05, 0.1) is 0 Å². The van der Waals surface area contributed by atoms with Crippen molar-refractivity contribution in [2.75, 3.05) is 0 Å². The van der Waals surface area contributed by atoms with E-state index in [9.17, 15) is 0 Å². The molecular formula is C54H38N6. The molecule has 6 nitrogen and oxygen atoms in total. The first-order valence-corrected chi connectivity index (χ1v) is 20.0. The molecule has 8 aromatic carbocycles. The van der Waals surface area contributed by atoms with E-state index in [0.29, 0.717) is 17.5 Å². The summed E-state index contributed by atoms with van der Waals surface area (Å²) in [6, 6.07) is 74.8. The summed E-state index contributed by atoms with van der Waals surface area (Å²) in [5, 5.41) is 3.60. The van der Waals surface area contributed by atoms with Crippen LogP contribution in [-0.2, 0) is 0 Å². The Morgan fingerprint density at radius 2 is 0.733 bits per heavy atom. The van der Waals surface area contributed by atoms with Gasteiger partial charge in [0.1, 0.15) is 11.7 Å². The first-order valence-electron chi connectivity index (χ1n) is 20.0. The van der Waals surface area contributed by atoms with Gasteiger partial charge in [0.15, 0.2) is 23.6 Å². The molecule has 0 spiro atoms. The standard InChI is InChI=1S/C54H38N6/c1-6-19-37(20-7-1)42-29-18-30-43(35-42)52-58-51(41-27-14-5-15-28-41)59-54(60-52)47-32-17-16-31-45(47)46-34-33-44(36-48(46)38-21-8-2-9-22-38)53-56-49(39-23-10-3-11-24-39)55-50(57-53)40-25-12-4-13-26-40/h1-36,54H,(H,58,59,60). The maximum absolute atomic E-state index is 5.35. The van der Waals surface area contributed by atoms with Crippen LogP contribution in [0.2, 0.25) is 0 Å². The van der Waals surface area contributed by atoms with Crippen molar-refractivity contribution in [2.45, 2.75) is 6.17 Å². The zero-order valence-corrected chi connectivity index (χ0v) is 32.6. The van der Waals surface area contributed by atoms with E-state index in [1.54, 1.807) is 0 Å². The molecule has 2 heterocycles. The van der Waals surface area contributed by atoms with Gasteiger partial charge in [-0.3, -0.25) is 0 Å². The predicted molar refractivity (Wildman–Crippen MR) is 244 cm³/mol. The minimum Gasteiger partial charge on any atom is -0.324 e. The topological polar surface area (TPSA) is 75.4 Å². The number of hydrogen-bond acceptors (Lipinski definition) is 6. The molecule has 1 aromatic heterocycles. The third-order valence-corrected chi connectivity index (χ3v) is 10.6. The number of nitrogens with zero attached hydrogens (tertiary/aromatic N) is 5. The fourth-order valence-corrected chi connectivity index (χ4v) is 7.64. The van der Waals surface area contributed by atoms with Crippen LogP contribution >= 0.6 is 0 Å². The van der Waals surface area contributed by atoms with Crippen LogP contribution in [0.15, 0.2) is 228 Å². The van der Waals surface area contributed by atoms with Crippen LogP contribution in [0.3, 0.4) is 0 Å². The smallest absolute Gasteiger partial charge is 0.170 e. The van der Waals surface area contributed by atoms with Gasteiger partial charge >= 0.3 is 0 Å². The van der Waals surface area contributed by atoms with Gasteiger partial charge in [-0.05, 0) is 45.5 Å². The molecule has 0 radical (unpaired) electrons. The second-order valence-electron chi connectivity index (χ2n) is 14.5. The average Bonchev–Trinajstić information content (AvgIpc) is 3.35. The number of aliphatic imine (C=N–C) groups is 2. The van der Waals surface area contributed by atoms with Crippen LogP contribution in [0.4, 0.5) is 0 Å². The fraction of sp³-hybridized carbons (Fsp3) is 0.0185. The highest BCUT2D eigenvalue weighted by atomic mass is 15.2. The molecule has 0 amide bonds. The number of aromatic nitrogens is 3. The lowest BCUT2D eigenvalue weighted by molar-refractivity contribution is 0.757. The van der Waals surface area contributed by atoms with E-state index < -0.39 is 6.17 Å². The minimum atomic E-state index is -0.526. The Balaban J connectivity index is 1.12. The molecule has 1 atom stereocenters. The van der Waals surface area contributed by atoms with E-state index in [0.717, 1.165) is 78.4 Å². The van der Waals surface area contributed by atoms with Crippen molar-refractivity contribution in [1.82, 2.24) is 20.3 Å². The molecule has 1 aliphatic heterocycles. The Hall–Kier alpha value is -8.09. The van der Waals surface area contributed by atoms with Crippen LogP contribution < -0.4 is 5.32 Å². The quantitative estimate of drug-likeness (QED) is 0.159. The van der Waals surface area contributed by atoms with Gasteiger partial charge in [0, 0.05) is 33.4 Å². The Morgan fingerprint density at radius 1 is 0.283 bits per heavy atom. The number of hydrogen-bond donors (Lipinski definition) is 1. The summed E-state index contributed by atoms with van der Waals surface area (Å²) in [5.41, 5.74) is 12.2. The second-order valence-corrected chi connectivity index (χ2v) is 14.5. The number of benzene rings is 8. The molecule has 284 valence electrons. The molecule has 0 aliphatic carbocycles. The lowest BCUT2D eigenvalue weighted by Crippen LogP contribution is -2.36. The summed E-state index contributed by atoms with van der Waals surface area (Å²) in [5.74, 6) is 3.37. The van der Waals surface area contributed by atoms with Crippen molar-refractivity contribution >= 4 is 11.7 Å². The molecule has 0 bridgehead atoms. The summed E-state index contributed by atoms with van der Waals surface area (Å²) in [6.07, 6.45) is -0.526. The monoisotopic (exact) mass is 770 g/mol. The van der Waals surface area contributed by atoms with Crippen molar-refractivity contribution in [2.24, 2.45) is 9.98 Å². The zero-order valence-electron chi connectivity index (χ0n) is 32.6. The van der Waals surface area contributed by atoms with Crippen LogP contribution in [0, 0.1) is 0 Å². The second kappa shape index (κ2) is 16.4. The van der Waals surface area contributed by atoms with E-state index >= 15 is 0 Å². The molecule has 0 fully saturated rings. The van der Waals surface area contributed by atoms with E-state index in [4.69, 9.17) is 24.9 Å². The Bertz CT molecular complexity index is 2930. The lowest BCUT2D eigenvalue weighted by Gasteiger charge is -2.24. The summed E-state index contributed by atoms with van der Waals surface area (Å²) in [7, 11) is 0. The normalized spacial score (nSPS) is 13.5. The van der Waals surface area contributed by atoms with Gasteiger partial charge in [-0.1, -0.05) is 206 Å². The van der Waals surface area contributed by atoms with Crippen molar-refractivity contribution in [1.29, 1.82) is 0 Å². The molecule has 9 aromatic rings. The third-order valence-electron chi connectivity index (χ3n) is 10.6. The largest absolute Gasteiger partial charge is 0.324 e. The molecule has 0 saturated carbocycles. The predicted octanol–water partition coefficient (Wildman–Crippen LogP) is 12.4. The summed E-state index contributed by atoms with van der Waals surface area (Å²) >= 11 is 0. The van der Waals surface area contributed by atoms with Gasteiger partial charge in [0.25, 0.3) is 0 Å². The number of nitrogens with one attached hydrogen (secondary N) is 1. The van der Waals surface area contributed by atoms with Gasteiger partial charge in [-0.15, -0.1) is 0 Å². The first kappa shape index (κ1) is 36.3. The Morgan fingerprint density at radius 3 is 1.33 bits per heavy atom. The van der Waals surface area contributed by atoms with Crippen LogP contribution in [0.25, 0.3) is 67.5 Å². The van der Waals surface area contributed by atoms with Gasteiger partial charge in [-0.25, -0.2) is 24.9 Å². The van der Waals surface area contributed by atoms with Crippen LogP contribution in [-0.4, -0.2) is 26.6 Å². The molecule has 0 saturated heterocycles. The third kappa shape index (κ3) is 7.53.